The van der Waals surface area contributed by atoms with Crippen molar-refractivity contribution in [2.75, 3.05) is 17.4 Å². The van der Waals surface area contributed by atoms with Crippen LogP contribution in [0.25, 0.3) is 0 Å². The Morgan fingerprint density at radius 1 is 0.872 bits per heavy atom. The van der Waals surface area contributed by atoms with Gasteiger partial charge >= 0.3 is 0 Å². The van der Waals surface area contributed by atoms with Gasteiger partial charge in [0.1, 0.15) is 12.6 Å². The molecule has 2 amide bonds. The van der Waals surface area contributed by atoms with E-state index in [-0.39, 0.29) is 23.3 Å². The second-order valence-electron chi connectivity index (χ2n) is 10.2. The van der Waals surface area contributed by atoms with E-state index in [1.54, 1.807) is 36.4 Å². The van der Waals surface area contributed by atoms with Gasteiger partial charge in [-0.3, -0.25) is 13.9 Å². The summed E-state index contributed by atoms with van der Waals surface area (Å²) in [6, 6.07) is 22.3. The van der Waals surface area contributed by atoms with E-state index in [4.69, 9.17) is 0 Å². The van der Waals surface area contributed by atoms with Crippen molar-refractivity contribution < 1.29 is 18.0 Å². The molecule has 1 N–H and O–H groups in total. The summed E-state index contributed by atoms with van der Waals surface area (Å²) in [5, 5.41) is 2.95. The van der Waals surface area contributed by atoms with Gasteiger partial charge < -0.3 is 10.2 Å². The molecule has 0 aliphatic rings. The number of para-hydroxylation sites is 1. The Morgan fingerprint density at radius 2 is 1.49 bits per heavy atom. The van der Waals surface area contributed by atoms with Crippen LogP contribution in [-0.2, 0) is 26.2 Å². The van der Waals surface area contributed by atoms with Crippen molar-refractivity contribution in [2.45, 2.75) is 58.5 Å². The molecule has 39 heavy (non-hydrogen) atoms. The molecule has 1 atom stereocenters. The second kappa shape index (κ2) is 13.4. The van der Waals surface area contributed by atoms with Crippen LogP contribution in [0.1, 0.15) is 43.9 Å². The molecule has 1 unspecified atom stereocenters. The molecule has 3 aromatic carbocycles. The van der Waals surface area contributed by atoms with Crippen LogP contribution < -0.4 is 9.62 Å². The first-order valence-corrected chi connectivity index (χ1v) is 14.7. The molecule has 0 aromatic heterocycles. The maximum Gasteiger partial charge on any atom is 0.264 e. The van der Waals surface area contributed by atoms with Crippen molar-refractivity contribution in [1.29, 1.82) is 0 Å². The minimum Gasteiger partial charge on any atom is -0.354 e. The van der Waals surface area contributed by atoms with Gasteiger partial charge in [0.2, 0.25) is 11.8 Å². The van der Waals surface area contributed by atoms with Gasteiger partial charge in [0.15, 0.2) is 0 Å². The summed E-state index contributed by atoms with van der Waals surface area (Å²) in [5.74, 6) is -0.454. The molecule has 0 heterocycles. The zero-order chi connectivity index (χ0) is 28.6. The van der Waals surface area contributed by atoms with Crippen molar-refractivity contribution in [3.05, 3.63) is 95.6 Å². The lowest BCUT2D eigenvalue weighted by Crippen LogP contribution is -2.52. The van der Waals surface area contributed by atoms with Gasteiger partial charge in [-0.15, -0.1) is 0 Å². The summed E-state index contributed by atoms with van der Waals surface area (Å²) in [6.45, 7) is 9.78. The Bertz CT molecular complexity index is 1360. The van der Waals surface area contributed by atoms with E-state index in [1.165, 1.54) is 4.90 Å². The third-order valence-corrected chi connectivity index (χ3v) is 8.31. The van der Waals surface area contributed by atoms with Gasteiger partial charge in [0.25, 0.3) is 10.0 Å². The summed E-state index contributed by atoms with van der Waals surface area (Å²) < 4.78 is 29.0. The standard InChI is InChI=1S/C31H39N3O4S/c1-6-28(31(36)32-20-23(2)3)33(21-26-13-8-7-9-14-26)30(35)22-34(29-15-11-10-12-25(29)5)39(37,38)27-18-16-24(4)17-19-27/h7-19,23,28H,6,20-22H2,1-5H3,(H,32,36). The Kier molecular flexibility index (Phi) is 10.3. The first kappa shape index (κ1) is 29.9. The largest absolute Gasteiger partial charge is 0.354 e. The highest BCUT2D eigenvalue weighted by atomic mass is 32.2. The number of carbonyl (C=O) groups excluding carboxylic acids is 2. The highest BCUT2D eigenvalue weighted by Gasteiger charge is 2.34. The first-order valence-electron chi connectivity index (χ1n) is 13.3. The number of hydrogen-bond donors (Lipinski definition) is 1. The first-order chi connectivity index (χ1) is 18.5. The van der Waals surface area contributed by atoms with Crippen LogP contribution in [0.4, 0.5) is 5.69 Å². The Labute approximate surface area is 232 Å². The van der Waals surface area contributed by atoms with Gasteiger partial charge in [-0.05, 0) is 55.5 Å². The van der Waals surface area contributed by atoms with Gasteiger partial charge in [-0.1, -0.05) is 87.0 Å². The lowest BCUT2D eigenvalue weighted by atomic mass is 10.1. The normalized spacial score (nSPS) is 12.2. The predicted octanol–water partition coefficient (Wildman–Crippen LogP) is 5.08. The van der Waals surface area contributed by atoms with Crippen LogP contribution in [0.2, 0.25) is 0 Å². The zero-order valence-electron chi connectivity index (χ0n) is 23.4. The summed E-state index contributed by atoms with van der Waals surface area (Å²) in [6.07, 6.45) is 0.386. The van der Waals surface area contributed by atoms with Crippen molar-refractivity contribution in [2.24, 2.45) is 5.92 Å². The number of sulfonamides is 1. The second-order valence-corrected chi connectivity index (χ2v) is 12.0. The van der Waals surface area contributed by atoms with Gasteiger partial charge in [0, 0.05) is 13.1 Å². The topological polar surface area (TPSA) is 86.8 Å². The molecule has 0 radical (unpaired) electrons. The average molecular weight is 550 g/mol. The minimum atomic E-state index is -4.08. The molecule has 0 spiro atoms. The predicted molar refractivity (Wildman–Crippen MR) is 156 cm³/mol. The van der Waals surface area contributed by atoms with Crippen molar-refractivity contribution in [3.63, 3.8) is 0 Å². The Balaban J connectivity index is 2.04. The van der Waals surface area contributed by atoms with Crippen molar-refractivity contribution >= 4 is 27.5 Å². The van der Waals surface area contributed by atoms with Crippen LogP contribution in [0.15, 0.2) is 83.8 Å². The monoisotopic (exact) mass is 549 g/mol. The Hall–Kier alpha value is -3.65. The van der Waals surface area contributed by atoms with Gasteiger partial charge in [0.05, 0.1) is 10.6 Å². The van der Waals surface area contributed by atoms with E-state index in [2.05, 4.69) is 5.32 Å². The quantitative estimate of drug-likeness (QED) is 0.341. The number of rotatable bonds is 12. The lowest BCUT2D eigenvalue weighted by Gasteiger charge is -2.33. The summed E-state index contributed by atoms with van der Waals surface area (Å²) in [4.78, 5) is 28.9. The van der Waals surface area contributed by atoms with Crippen molar-refractivity contribution in [3.8, 4) is 0 Å². The van der Waals surface area contributed by atoms with Crippen LogP contribution in [-0.4, -0.2) is 44.3 Å². The lowest BCUT2D eigenvalue weighted by molar-refractivity contribution is -0.140. The molecule has 0 bridgehead atoms. The number of carbonyl (C=O) groups is 2. The van der Waals surface area contributed by atoms with E-state index in [9.17, 15) is 18.0 Å². The molecule has 3 aromatic rings. The molecular formula is C31H39N3O4S. The number of benzene rings is 3. The molecule has 0 aliphatic heterocycles. The average Bonchev–Trinajstić information content (AvgIpc) is 2.91. The molecule has 0 saturated heterocycles. The maximum atomic E-state index is 14.1. The van der Waals surface area contributed by atoms with E-state index < -0.39 is 28.5 Å². The van der Waals surface area contributed by atoms with Crippen LogP contribution >= 0.6 is 0 Å². The maximum absolute atomic E-state index is 14.1. The van der Waals surface area contributed by atoms with E-state index in [1.807, 2.05) is 77.1 Å². The number of hydrogen-bond acceptors (Lipinski definition) is 4. The summed E-state index contributed by atoms with van der Waals surface area (Å²) >= 11 is 0. The fourth-order valence-electron chi connectivity index (χ4n) is 4.32. The SMILES string of the molecule is CCC(C(=O)NCC(C)C)N(Cc1ccccc1)C(=O)CN(c1ccccc1C)S(=O)(=O)c1ccc(C)cc1. The van der Waals surface area contributed by atoms with Crippen LogP contribution in [0.3, 0.4) is 0 Å². The number of aryl methyl sites for hydroxylation is 2. The molecule has 3 rings (SSSR count). The Morgan fingerprint density at radius 3 is 2.08 bits per heavy atom. The molecule has 0 saturated carbocycles. The van der Waals surface area contributed by atoms with Crippen LogP contribution in [0.5, 0.6) is 0 Å². The zero-order valence-corrected chi connectivity index (χ0v) is 24.2. The summed E-state index contributed by atoms with van der Waals surface area (Å²) in [7, 11) is -4.08. The molecular weight excluding hydrogens is 510 g/mol. The number of nitrogens with zero attached hydrogens (tertiary/aromatic N) is 2. The van der Waals surface area contributed by atoms with Crippen molar-refractivity contribution in [1.82, 2.24) is 10.2 Å². The number of amides is 2. The molecule has 7 nitrogen and oxygen atoms in total. The van der Waals surface area contributed by atoms with E-state index >= 15 is 0 Å². The van der Waals surface area contributed by atoms with E-state index in [0.29, 0.717) is 18.7 Å². The smallest absolute Gasteiger partial charge is 0.264 e. The van der Waals surface area contributed by atoms with Gasteiger partial charge in [-0.25, -0.2) is 8.42 Å². The third-order valence-electron chi connectivity index (χ3n) is 6.54. The fourth-order valence-corrected chi connectivity index (χ4v) is 5.79. The highest BCUT2D eigenvalue weighted by Crippen LogP contribution is 2.27. The summed E-state index contributed by atoms with van der Waals surface area (Å²) in [5.41, 5.74) is 2.92. The highest BCUT2D eigenvalue weighted by molar-refractivity contribution is 7.92. The third kappa shape index (κ3) is 7.69. The fraction of sp³-hybridized carbons (Fsp3) is 0.355. The minimum absolute atomic E-state index is 0.0977. The molecule has 8 heteroatoms. The van der Waals surface area contributed by atoms with E-state index in [0.717, 1.165) is 21.0 Å². The molecule has 0 fully saturated rings. The molecule has 0 aliphatic carbocycles. The van der Waals surface area contributed by atoms with Crippen LogP contribution in [0, 0.1) is 19.8 Å². The number of nitrogens with one attached hydrogen (secondary N) is 1. The van der Waals surface area contributed by atoms with Gasteiger partial charge in [-0.2, -0.15) is 0 Å². The molecule has 208 valence electrons. The number of anilines is 1.